The van der Waals surface area contributed by atoms with E-state index in [9.17, 15) is 19.2 Å². The van der Waals surface area contributed by atoms with Crippen LogP contribution in [0.15, 0.2) is 42.6 Å². The van der Waals surface area contributed by atoms with Crippen molar-refractivity contribution in [1.29, 1.82) is 0 Å². The summed E-state index contributed by atoms with van der Waals surface area (Å²) in [6.07, 6.45) is 1.36. The standard InChI is InChI=1S/C18H17ClN4O5/c1-11(24)22-13-3-2-4-14(8-13)23-16(25)10-28-17(26)9-21-18(27)15-7-12(19)5-6-20-15/h2-8H,9-10H2,1H3,(H,21,27)(H,22,24)(H,23,25). The number of hydrogen-bond donors (Lipinski definition) is 3. The molecule has 0 bridgehead atoms. The second-order valence-corrected chi connectivity index (χ2v) is 5.95. The molecule has 0 saturated heterocycles. The first-order chi connectivity index (χ1) is 13.3. The van der Waals surface area contributed by atoms with Crippen LogP contribution in [0, 0.1) is 0 Å². The van der Waals surface area contributed by atoms with Gasteiger partial charge in [-0.3, -0.25) is 24.2 Å². The number of pyridine rings is 1. The molecule has 1 heterocycles. The Morgan fingerprint density at radius 3 is 2.46 bits per heavy atom. The van der Waals surface area contributed by atoms with E-state index in [1.807, 2.05) is 0 Å². The van der Waals surface area contributed by atoms with E-state index in [4.69, 9.17) is 16.3 Å². The molecule has 146 valence electrons. The van der Waals surface area contributed by atoms with Gasteiger partial charge in [0.2, 0.25) is 5.91 Å². The van der Waals surface area contributed by atoms with E-state index in [0.29, 0.717) is 16.4 Å². The van der Waals surface area contributed by atoms with Crippen molar-refractivity contribution < 1.29 is 23.9 Å². The van der Waals surface area contributed by atoms with Crippen LogP contribution in [0.25, 0.3) is 0 Å². The number of anilines is 2. The third kappa shape index (κ3) is 7.04. The number of esters is 1. The molecule has 10 heteroatoms. The lowest BCUT2D eigenvalue weighted by atomic mass is 10.2. The van der Waals surface area contributed by atoms with Gasteiger partial charge in [-0.05, 0) is 30.3 Å². The van der Waals surface area contributed by atoms with Crippen LogP contribution in [0.1, 0.15) is 17.4 Å². The summed E-state index contributed by atoms with van der Waals surface area (Å²) in [5.74, 6) is -2.21. The molecule has 9 nitrogen and oxygen atoms in total. The van der Waals surface area contributed by atoms with Gasteiger partial charge in [0.15, 0.2) is 6.61 Å². The van der Waals surface area contributed by atoms with Crippen molar-refractivity contribution >= 4 is 46.7 Å². The maximum atomic E-state index is 11.9. The van der Waals surface area contributed by atoms with E-state index in [2.05, 4.69) is 20.9 Å². The number of ether oxygens (including phenoxy) is 1. The second kappa shape index (κ2) is 10.0. The van der Waals surface area contributed by atoms with Crippen molar-refractivity contribution in [3.05, 3.63) is 53.3 Å². The number of halogens is 1. The maximum absolute atomic E-state index is 11.9. The van der Waals surface area contributed by atoms with E-state index in [0.717, 1.165) is 0 Å². The third-order valence-electron chi connectivity index (χ3n) is 3.18. The van der Waals surface area contributed by atoms with Gasteiger partial charge in [-0.15, -0.1) is 0 Å². The van der Waals surface area contributed by atoms with Crippen molar-refractivity contribution in [3.63, 3.8) is 0 Å². The normalized spacial score (nSPS) is 9.93. The van der Waals surface area contributed by atoms with Crippen molar-refractivity contribution in [2.75, 3.05) is 23.8 Å². The summed E-state index contributed by atoms with van der Waals surface area (Å²) in [5.41, 5.74) is 0.990. The van der Waals surface area contributed by atoms with Crippen molar-refractivity contribution in [2.45, 2.75) is 6.92 Å². The van der Waals surface area contributed by atoms with Crippen LogP contribution in [0.5, 0.6) is 0 Å². The van der Waals surface area contributed by atoms with E-state index in [-0.39, 0.29) is 11.6 Å². The smallest absolute Gasteiger partial charge is 0.325 e. The molecule has 0 saturated carbocycles. The minimum Gasteiger partial charge on any atom is -0.454 e. The minimum absolute atomic E-state index is 0.0529. The number of rotatable bonds is 7. The van der Waals surface area contributed by atoms with Crippen LogP contribution in [0.4, 0.5) is 11.4 Å². The van der Waals surface area contributed by atoms with E-state index < -0.39 is 30.9 Å². The highest BCUT2D eigenvalue weighted by atomic mass is 35.5. The summed E-state index contributed by atoms with van der Waals surface area (Å²) >= 11 is 5.76. The number of benzene rings is 1. The van der Waals surface area contributed by atoms with Gasteiger partial charge in [0.05, 0.1) is 0 Å². The van der Waals surface area contributed by atoms with Crippen LogP contribution in [-0.4, -0.2) is 41.8 Å². The fraction of sp³-hybridized carbons (Fsp3) is 0.167. The van der Waals surface area contributed by atoms with Gasteiger partial charge in [-0.2, -0.15) is 0 Å². The van der Waals surface area contributed by atoms with Crippen molar-refractivity contribution in [2.24, 2.45) is 0 Å². The molecule has 28 heavy (non-hydrogen) atoms. The molecule has 1 aromatic heterocycles. The van der Waals surface area contributed by atoms with E-state index in [1.165, 1.54) is 25.3 Å². The lowest BCUT2D eigenvalue weighted by molar-refractivity contribution is -0.146. The summed E-state index contributed by atoms with van der Waals surface area (Å²) in [4.78, 5) is 50.2. The van der Waals surface area contributed by atoms with Gasteiger partial charge in [-0.25, -0.2) is 0 Å². The molecule has 3 amide bonds. The van der Waals surface area contributed by atoms with Crippen molar-refractivity contribution in [1.82, 2.24) is 10.3 Å². The fourth-order valence-corrected chi connectivity index (χ4v) is 2.20. The highest BCUT2D eigenvalue weighted by Gasteiger charge is 2.12. The van der Waals surface area contributed by atoms with Gasteiger partial charge in [0.25, 0.3) is 11.8 Å². The first-order valence-electron chi connectivity index (χ1n) is 8.06. The van der Waals surface area contributed by atoms with E-state index in [1.54, 1.807) is 24.3 Å². The Hall–Kier alpha value is -3.46. The first kappa shape index (κ1) is 20.8. The zero-order valence-corrected chi connectivity index (χ0v) is 15.6. The van der Waals surface area contributed by atoms with Crippen LogP contribution >= 0.6 is 11.6 Å². The molecule has 0 atom stereocenters. The molecule has 0 fully saturated rings. The Morgan fingerprint density at radius 1 is 1.07 bits per heavy atom. The quantitative estimate of drug-likeness (QED) is 0.602. The first-order valence-corrected chi connectivity index (χ1v) is 8.44. The Labute approximate surface area is 165 Å². The molecule has 0 spiro atoms. The second-order valence-electron chi connectivity index (χ2n) is 5.51. The Kier molecular flexibility index (Phi) is 7.46. The SMILES string of the molecule is CC(=O)Nc1cccc(NC(=O)COC(=O)CNC(=O)c2cc(Cl)ccn2)c1. The number of amides is 3. The molecule has 3 N–H and O–H groups in total. The Morgan fingerprint density at radius 2 is 1.79 bits per heavy atom. The molecule has 0 unspecified atom stereocenters. The number of carbonyl (C=O) groups is 4. The molecule has 1 aromatic carbocycles. The highest BCUT2D eigenvalue weighted by molar-refractivity contribution is 6.30. The summed E-state index contributed by atoms with van der Waals surface area (Å²) in [5, 5.41) is 7.77. The number of carbonyl (C=O) groups excluding carboxylic acids is 4. The molecule has 2 aromatic rings. The maximum Gasteiger partial charge on any atom is 0.325 e. The molecule has 0 aliphatic heterocycles. The number of aromatic nitrogens is 1. The van der Waals surface area contributed by atoms with Gasteiger partial charge < -0.3 is 20.7 Å². The number of hydrogen-bond acceptors (Lipinski definition) is 6. The summed E-state index contributed by atoms with van der Waals surface area (Å²) in [7, 11) is 0. The van der Waals surface area contributed by atoms with Crippen LogP contribution in [-0.2, 0) is 19.1 Å². The topological polar surface area (TPSA) is 126 Å². The summed E-state index contributed by atoms with van der Waals surface area (Å²) in [6, 6.07) is 9.34. The van der Waals surface area contributed by atoms with Gasteiger partial charge in [-0.1, -0.05) is 17.7 Å². The monoisotopic (exact) mass is 404 g/mol. The number of nitrogens with one attached hydrogen (secondary N) is 3. The average Bonchev–Trinajstić information content (AvgIpc) is 2.64. The molecular weight excluding hydrogens is 388 g/mol. The summed E-state index contributed by atoms with van der Waals surface area (Å²) in [6.45, 7) is 0.402. The molecule has 0 aliphatic carbocycles. The lowest BCUT2D eigenvalue weighted by Crippen LogP contribution is -2.32. The highest BCUT2D eigenvalue weighted by Crippen LogP contribution is 2.14. The fourth-order valence-electron chi connectivity index (χ4n) is 2.04. The Balaban J connectivity index is 1.75. The van der Waals surface area contributed by atoms with Gasteiger partial charge in [0.1, 0.15) is 12.2 Å². The average molecular weight is 405 g/mol. The van der Waals surface area contributed by atoms with Crippen LogP contribution in [0.2, 0.25) is 5.02 Å². The number of nitrogens with zero attached hydrogens (tertiary/aromatic N) is 1. The molecule has 2 rings (SSSR count). The largest absolute Gasteiger partial charge is 0.454 e. The van der Waals surface area contributed by atoms with Gasteiger partial charge in [0, 0.05) is 29.5 Å². The van der Waals surface area contributed by atoms with Crippen molar-refractivity contribution in [3.8, 4) is 0 Å². The predicted octanol–water partition coefficient (Wildman–Crippen LogP) is 1.61. The van der Waals surface area contributed by atoms with Gasteiger partial charge >= 0.3 is 5.97 Å². The van der Waals surface area contributed by atoms with Crippen LogP contribution < -0.4 is 16.0 Å². The molecule has 0 aliphatic rings. The van der Waals surface area contributed by atoms with Crippen LogP contribution in [0.3, 0.4) is 0 Å². The summed E-state index contributed by atoms with van der Waals surface area (Å²) < 4.78 is 4.80. The molecule has 0 radical (unpaired) electrons. The lowest BCUT2D eigenvalue weighted by Gasteiger charge is -2.09. The zero-order chi connectivity index (χ0) is 20.5. The zero-order valence-electron chi connectivity index (χ0n) is 14.8. The predicted molar refractivity (Wildman–Crippen MR) is 102 cm³/mol. The minimum atomic E-state index is -0.794. The Bertz CT molecular complexity index is 903. The molecular formula is C18H17ClN4O5. The van der Waals surface area contributed by atoms with E-state index >= 15 is 0 Å². The third-order valence-corrected chi connectivity index (χ3v) is 3.41.